The van der Waals surface area contributed by atoms with Gasteiger partial charge in [0, 0.05) is 10.4 Å². The van der Waals surface area contributed by atoms with Crippen LogP contribution in [0.1, 0.15) is 5.56 Å². The number of rotatable bonds is 1. The van der Waals surface area contributed by atoms with E-state index in [0.29, 0.717) is 19.9 Å². The molecule has 0 amide bonds. The van der Waals surface area contributed by atoms with Gasteiger partial charge in [0.15, 0.2) is 0 Å². The number of hydrogen-bond acceptors (Lipinski definition) is 3. The summed E-state index contributed by atoms with van der Waals surface area (Å²) in [5.41, 5.74) is 1.10. The Kier molecular flexibility index (Phi) is 3.20. The van der Waals surface area contributed by atoms with Crippen LogP contribution >= 0.6 is 38.9 Å². The van der Waals surface area contributed by atoms with E-state index in [1.165, 1.54) is 11.3 Å². The summed E-state index contributed by atoms with van der Waals surface area (Å²) < 4.78 is 1.15. The Hall–Kier alpha value is -1.02. The van der Waals surface area contributed by atoms with Crippen molar-refractivity contribution in [2.45, 2.75) is 0 Å². The predicted molar refractivity (Wildman–Crippen MR) is 68.8 cm³/mol. The number of thiophene rings is 1. The van der Waals surface area contributed by atoms with Crippen LogP contribution in [0, 0.1) is 11.3 Å². The first-order valence-corrected chi connectivity index (χ1v) is 6.29. The molecule has 2 aromatic rings. The molecule has 0 unspecified atom stereocenters. The van der Waals surface area contributed by atoms with Gasteiger partial charge in [-0.25, -0.2) is 0 Å². The van der Waals surface area contributed by atoms with E-state index < -0.39 is 0 Å². The predicted octanol–water partition coefficient (Wildman–Crippen LogP) is 4.41. The standard InChI is InChI=1S/C11H5BrClNOS/c12-8-4-6(5-14)3-7(11(8)15)9-1-2-10(13)16-9/h1-4,15H. The Balaban J connectivity index is 2.65. The highest BCUT2D eigenvalue weighted by Gasteiger charge is 2.11. The molecule has 5 heteroatoms. The van der Waals surface area contributed by atoms with E-state index in [-0.39, 0.29) is 5.75 Å². The summed E-state index contributed by atoms with van der Waals surface area (Å²) in [4.78, 5) is 0.834. The third-order valence-corrected chi connectivity index (χ3v) is 3.90. The second-order valence-corrected chi connectivity index (χ2v) is 5.64. The van der Waals surface area contributed by atoms with Crippen LogP contribution in [0.25, 0.3) is 10.4 Å². The molecule has 0 atom stereocenters. The molecule has 0 bridgehead atoms. The lowest BCUT2D eigenvalue weighted by atomic mass is 10.1. The molecule has 16 heavy (non-hydrogen) atoms. The van der Waals surface area contributed by atoms with Crippen LogP contribution in [0.15, 0.2) is 28.7 Å². The van der Waals surface area contributed by atoms with E-state index in [1.54, 1.807) is 18.2 Å². The molecule has 0 spiro atoms. The second kappa shape index (κ2) is 4.46. The summed E-state index contributed by atoms with van der Waals surface area (Å²) in [6, 6.07) is 8.83. The highest BCUT2D eigenvalue weighted by molar-refractivity contribution is 9.10. The molecule has 2 nitrogen and oxygen atoms in total. The van der Waals surface area contributed by atoms with E-state index in [9.17, 15) is 5.11 Å². The average molecular weight is 315 g/mol. The molecule has 1 heterocycles. The largest absolute Gasteiger partial charge is 0.506 e. The lowest BCUT2D eigenvalue weighted by Gasteiger charge is -2.04. The number of nitriles is 1. The fourth-order valence-corrected chi connectivity index (χ4v) is 2.83. The van der Waals surface area contributed by atoms with Crippen molar-refractivity contribution in [1.82, 2.24) is 0 Å². The fraction of sp³-hybridized carbons (Fsp3) is 0. The van der Waals surface area contributed by atoms with Crippen molar-refractivity contribution in [2.75, 3.05) is 0 Å². The summed E-state index contributed by atoms with van der Waals surface area (Å²) in [5, 5.41) is 18.7. The van der Waals surface area contributed by atoms with E-state index in [0.717, 1.165) is 4.88 Å². The van der Waals surface area contributed by atoms with Crippen LogP contribution < -0.4 is 0 Å². The zero-order chi connectivity index (χ0) is 11.7. The first-order chi connectivity index (χ1) is 7.61. The molecule has 2 rings (SSSR count). The van der Waals surface area contributed by atoms with Crippen LogP contribution in [-0.2, 0) is 0 Å². The highest BCUT2D eigenvalue weighted by Crippen LogP contribution is 2.40. The van der Waals surface area contributed by atoms with Gasteiger partial charge < -0.3 is 5.11 Å². The van der Waals surface area contributed by atoms with Crippen molar-refractivity contribution in [3.05, 3.63) is 38.6 Å². The maximum absolute atomic E-state index is 9.89. The number of hydrogen-bond donors (Lipinski definition) is 1. The third kappa shape index (κ3) is 2.07. The van der Waals surface area contributed by atoms with E-state index in [1.807, 2.05) is 12.1 Å². The molecule has 0 aliphatic heterocycles. The maximum Gasteiger partial charge on any atom is 0.138 e. The lowest BCUT2D eigenvalue weighted by molar-refractivity contribution is 0.474. The van der Waals surface area contributed by atoms with Gasteiger partial charge in [-0.2, -0.15) is 5.26 Å². The zero-order valence-electron chi connectivity index (χ0n) is 7.87. The lowest BCUT2D eigenvalue weighted by Crippen LogP contribution is -1.81. The summed E-state index contributed by atoms with van der Waals surface area (Å²) in [5.74, 6) is 0.123. The molecule has 1 N–H and O–H groups in total. The molecular formula is C11H5BrClNOS. The SMILES string of the molecule is N#Cc1cc(Br)c(O)c(-c2ccc(Cl)s2)c1. The average Bonchev–Trinajstić information content (AvgIpc) is 2.68. The van der Waals surface area contributed by atoms with Crippen LogP contribution in [0.5, 0.6) is 5.75 Å². The number of nitrogens with zero attached hydrogens (tertiary/aromatic N) is 1. The van der Waals surface area contributed by atoms with E-state index >= 15 is 0 Å². The van der Waals surface area contributed by atoms with Gasteiger partial charge in [-0.15, -0.1) is 11.3 Å². The molecule has 0 saturated carbocycles. The number of halogens is 2. The number of phenols is 1. The van der Waals surface area contributed by atoms with Crippen LogP contribution in [0.2, 0.25) is 4.34 Å². The van der Waals surface area contributed by atoms with Crippen molar-refractivity contribution in [3.63, 3.8) is 0 Å². The normalized spacial score (nSPS) is 10.1. The monoisotopic (exact) mass is 313 g/mol. The van der Waals surface area contributed by atoms with Crippen molar-refractivity contribution in [2.24, 2.45) is 0 Å². The van der Waals surface area contributed by atoms with Gasteiger partial charge >= 0.3 is 0 Å². The van der Waals surface area contributed by atoms with Gasteiger partial charge in [0.25, 0.3) is 0 Å². The molecule has 0 aliphatic carbocycles. The molecule has 1 aromatic carbocycles. The number of aromatic hydroxyl groups is 1. The molecular weight excluding hydrogens is 310 g/mol. The molecule has 0 aliphatic rings. The first-order valence-electron chi connectivity index (χ1n) is 4.30. The Morgan fingerprint density at radius 2 is 2.12 bits per heavy atom. The second-order valence-electron chi connectivity index (χ2n) is 3.07. The highest BCUT2D eigenvalue weighted by atomic mass is 79.9. The van der Waals surface area contributed by atoms with Gasteiger partial charge in [-0.05, 0) is 40.2 Å². The van der Waals surface area contributed by atoms with Crippen LogP contribution in [0.3, 0.4) is 0 Å². The summed E-state index contributed by atoms with van der Waals surface area (Å²) in [6.45, 7) is 0. The smallest absolute Gasteiger partial charge is 0.138 e. The van der Waals surface area contributed by atoms with Gasteiger partial charge in [0.2, 0.25) is 0 Å². The minimum absolute atomic E-state index is 0.123. The fourth-order valence-electron chi connectivity index (χ4n) is 1.31. The minimum Gasteiger partial charge on any atom is -0.506 e. The topological polar surface area (TPSA) is 44.0 Å². The van der Waals surface area contributed by atoms with Crippen LogP contribution in [-0.4, -0.2) is 5.11 Å². The van der Waals surface area contributed by atoms with Crippen molar-refractivity contribution in [3.8, 4) is 22.3 Å². The Labute approximate surface area is 110 Å². The van der Waals surface area contributed by atoms with Gasteiger partial charge in [0.1, 0.15) is 5.75 Å². The van der Waals surface area contributed by atoms with Crippen molar-refractivity contribution < 1.29 is 5.11 Å². The van der Waals surface area contributed by atoms with Crippen LogP contribution in [0.4, 0.5) is 0 Å². The number of benzene rings is 1. The van der Waals surface area contributed by atoms with Crippen molar-refractivity contribution in [1.29, 1.82) is 5.26 Å². The number of phenolic OH excluding ortho intramolecular Hbond substituents is 1. The molecule has 1 aromatic heterocycles. The minimum atomic E-state index is 0.123. The zero-order valence-corrected chi connectivity index (χ0v) is 11.0. The molecule has 0 fully saturated rings. The third-order valence-electron chi connectivity index (χ3n) is 2.03. The Bertz CT molecular complexity index is 588. The van der Waals surface area contributed by atoms with Gasteiger partial charge in [-0.3, -0.25) is 0 Å². The van der Waals surface area contributed by atoms with E-state index in [4.69, 9.17) is 16.9 Å². The molecule has 80 valence electrons. The summed E-state index contributed by atoms with van der Waals surface area (Å²) >= 11 is 10.4. The van der Waals surface area contributed by atoms with Gasteiger partial charge in [0.05, 0.1) is 20.4 Å². The Morgan fingerprint density at radius 3 is 2.69 bits per heavy atom. The Morgan fingerprint density at radius 1 is 1.38 bits per heavy atom. The van der Waals surface area contributed by atoms with E-state index in [2.05, 4.69) is 15.9 Å². The molecule has 0 radical (unpaired) electrons. The van der Waals surface area contributed by atoms with Crippen molar-refractivity contribution >= 4 is 38.9 Å². The quantitative estimate of drug-likeness (QED) is 0.847. The first kappa shape index (κ1) is 11.5. The van der Waals surface area contributed by atoms with Gasteiger partial charge in [-0.1, -0.05) is 11.6 Å². The summed E-state index contributed by atoms with van der Waals surface area (Å²) in [7, 11) is 0. The summed E-state index contributed by atoms with van der Waals surface area (Å²) in [6.07, 6.45) is 0. The maximum atomic E-state index is 9.89. The molecule has 0 saturated heterocycles.